The number of carbonyl (C=O) groups excluding carboxylic acids is 2. The molecule has 0 amide bonds. The third kappa shape index (κ3) is 11.5. The summed E-state index contributed by atoms with van der Waals surface area (Å²) < 4.78 is 35.2. The van der Waals surface area contributed by atoms with Gasteiger partial charge in [0, 0.05) is 55.8 Å². The molecule has 240 valence electrons. The summed E-state index contributed by atoms with van der Waals surface area (Å²) in [5, 5.41) is 11.7. The Balaban J connectivity index is 1.45. The Bertz CT molecular complexity index is 1020. The van der Waals surface area contributed by atoms with E-state index in [2.05, 4.69) is 4.74 Å². The second kappa shape index (κ2) is 18.1. The summed E-state index contributed by atoms with van der Waals surface area (Å²) in [5.41, 5.74) is 0. The van der Waals surface area contributed by atoms with Crippen molar-refractivity contribution in [2.45, 2.75) is 108 Å². The van der Waals surface area contributed by atoms with Crippen LogP contribution in [0.2, 0.25) is 5.02 Å². The topological polar surface area (TPSA) is 110 Å². The number of esters is 1. The van der Waals surface area contributed by atoms with Gasteiger partial charge < -0.3 is 33.5 Å². The monoisotopic (exact) mass is 622 g/mol. The van der Waals surface area contributed by atoms with E-state index in [0.717, 1.165) is 38.5 Å². The van der Waals surface area contributed by atoms with Crippen LogP contribution in [0.4, 0.5) is 0 Å². The van der Waals surface area contributed by atoms with Crippen molar-refractivity contribution < 1.29 is 43.1 Å². The molecule has 1 N–H and O–H groups in total. The third-order valence-electron chi connectivity index (χ3n) is 8.36. The van der Waals surface area contributed by atoms with Crippen LogP contribution in [0, 0.1) is 11.8 Å². The Morgan fingerprint density at radius 1 is 1.07 bits per heavy atom. The van der Waals surface area contributed by atoms with Gasteiger partial charge in [0.1, 0.15) is 24.2 Å². The highest BCUT2D eigenvalue weighted by Crippen LogP contribution is 2.40. The lowest BCUT2D eigenvalue weighted by atomic mass is 9.87. The molecule has 43 heavy (non-hydrogen) atoms. The molecule has 7 atom stereocenters. The standard InChI is InChI=1S/C33H47ClO9/c1-38-31(37)12-3-2-10-24(35)20-28-27(30(21-29(28)36)43-33-14-5-7-18-40-33)16-15-26(42-32-13-4-6-17-39-32)22-41-25-11-8-9-23(34)19-25/h8-9,11,15-16,19,26-30,32-33,36H,2-7,10,12-14,17-18,20-22H2,1H3/b16-15+/t26-,27-,28-,29+,30-,32?,33?/m1/s1. The molecular formula is C33H47ClO9. The highest BCUT2D eigenvalue weighted by atomic mass is 35.5. The predicted octanol–water partition coefficient (Wildman–Crippen LogP) is 5.79. The largest absolute Gasteiger partial charge is 0.490 e. The van der Waals surface area contributed by atoms with Gasteiger partial charge in [0.15, 0.2) is 12.6 Å². The Labute approximate surface area is 260 Å². The van der Waals surface area contributed by atoms with E-state index in [4.69, 9.17) is 35.3 Å². The molecule has 3 aliphatic rings. The molecule has 1 aliphatic carbocycles. The average Bonchev–Trinajstić information content (AvgIpc) is 3.30. The predicted molar refractivity (Wildman–Crippen MR) is 161 cm³/mol. The molecule has 2 saturated heterocycles. The molecule has 2 heterocycles. The lowest BCUT2D eigenvalue weighted by Gasteiger charge is -2.30. The molecule has 0 bridgehead atoms. The van der Waals surface area contributed by atoms with Crippen LogP contribution in [-0.4, -0.2) is 74.7 Å². The Hall–Kier alpha value is -2.01. The van der Waals surface area contributed by atoms with Crippen molar-refractivity contribution in [3.05, 3.63) is 41.4 Å². The van der Waals surface area contributed by atoms with Crippen molar-refractivity contribution in [1.29, 1.82) is 0 Å². The third-order valence-corrected chi connectivity index (χ3v) is 8.59. The van der Waals surface area contributed by atoms with Gasteiger partial charge in [-0.05, 0) is 69.6 Å². The molecular weight excluding hydrogens is 576 g/mol. The number of Topliss-reactive ketones (excluding diaryl/α,β-unsaturated/α-hetero) is 1. The number of aliphatic hydroxyl groups is 1. The number of methoxy groups -OCH3 is 1. The summed E-state index contributed by atoms with van der Waals surface area (Å²) in [6.07, 6.45) is 10.1. The smallest absolute Gasteiger partial charge is 0.305 e. The minimum atomic E-state index is -0.689. The molecule has 2 aliphatic heterocycles. The van der Waals surface area contributed by atoms with Crippen LogP contribution >= 0.6 is 11.6 Å². The van der Waals surface area contributed by atoms with Crippen LogP contribution < -0.4 is 4.74 Å². The first-order valence-electron chi connectivity index (χ1n) is 15.8. The molecule has 10 heteroatoms. The molecule has 4 rings (SSSR count). The first-order valence-corrected chi connectivity index (χ1v) is 16.2. The van der Waals surface area contributed by atoms with Gasteiger partial charge in [0.2, 0.25) is 0 Å². The Morgan fingerprint density at radius 3 is 2.51 bits per heavy atom. The van der Waals surface area contributed by atoms with E-state index in [1.165, 1.54) is 7.11 Å². The molecule has 3 fully saturated rings. The number of halogens is 1. The van der Waals surface area contributed by atoms with Crippen LogP contribution in [0.1, 0.15) is 77.0 Å². The molecule has 0 spiro atoms. The fourth-order valence-electron chi connectivity index (χ4n) is 6.00. The fourth-order valence-corrected chi connectivity index (χ4v) is 6.18. The van der Waals surface area contributed by atoms with Crippen molar-refractivity contribution in [2.24, 2.45) is 11.8 Å². The van der Waals surface area contributed by atoms with Crippen LogP contribution in [0.15, 0.2) is 36.4 Å². The minimum Gasteiger partial charge on any atom is -0.490 e. The number of rotatable bonds is 16. The number of carbonyl (C=O) groups is 2. The summed E-state index contributed by atoms with van der Waals surface area (Å²) in [6.45, 7) is 1.56. The van der Waals surface area contributed by atoms with E-state index in [0.29, 0.717) is 56.1 Å². The highest BCUT2D eigenvalue weighted by molar-refractivity contribution is 6.30. The average molecular weight is 623 g/mol. The molecule has 1 saturated carbocycles. The molecule has 1 aromatic carbocycles. The number of ketones is 1. The number of unbranched alkanes of at least 4 members (excludes halogenated alkanes) is 1. The highest BCUT2D eigenvalue weighted by Gasteiger charge is 2.44. The number of aliphatic hydroxyl groups excluding tert-OH is 1. The van der Waals surface area contributed by atoms with Crippen molar-refractivity contribution in [3.63, 3.8) is 0 Å². The first-order chi connectivity index (χ1) is 20.9. The zero-order valence-corrected chi connectivity index (χ0v) is 26.0. The quantitative estimate of drug-likeness (QED) is 0.139. The van der Waals surface area contributed by atoms with Crippen molar-refractivity contribution in [3.8, 4) is 5.75 Å². The summed E-state index contributed by atoms with van der Waals surface area (Å²) in [5.74, 6) is -0.0951. The van der Waals surface area contributed by atoms with E-state index in [1.807, 2.05) is 24.3 Å². The fraction of sp³-hybridized carbons (Fsp3) is 0.697. The Kier molecular flexibility index (Phi) is 14.2. The van der Waals surface area contributed by atoms with Crippen molar-refractivity contribution >= 4 is 23.4 Å². The Morgan fingerprint density at radius 2 is 1.81 bits per heavy atom. The SMILES string of the molecule is COC(=O)CCCCC(=O)C[C@@H]1[C@@H](/C=C/[C@H](COc2cccc(Cl)c2)OC2CCCCO2)[C@H](OC2CCCCO2)C[C@@H]1O. The van der Waals surface area contributed by atoms with Crippen LogP contribution in [0.5, 0.6) is 5.75 Å². The van der Waals surface area contributed by atoms with Gasteiger partial charge in [-0.25, -0.2) is 0 Å². The van der Waals surface area contributed by atoms with Gasteiger partial charge in [-0.2, -0.15) is 0 Å². The number of ether oxygens (including phenoxy) is 6. The zero-order valence-electron chi connectivity index (χ0n) is 25.2. The molecule has 0 aromatic heterocycles. The minimum absolute atomic E-state index is 0.0644. The summed E-state index contributed by atoms with van der Waals surface area (Å²) in [6, 6.07) is 7.23. The van der Waals surface area contributed by atoms with Crippen LogP contribution in [0.3, 0.4) is 0 Å². The number of hydrogen-bond donors (Lipinski definition) is 1. The maximum absolute atomic E-state index is 13.0. The summed E-state index contributed by atoms with van der Waals surface area (Å²) >= 11 is 6.15. The molecule has 2 unspecified atom stereocenters. The van der Waals surface area contributed by atoms with E-state index in [1.54, 1.807) is 12.1 Å². The normalized spacial score (nSPS) is 28.5. The lowest BCUT2D eigenvalue weighted by Crippen LogP contribution is -2.32. The van der Waals surface area contributed by atoms with Gasteiger partial charge >= 0.3 is 5.97 Å². The van der Waals surface area contributed by atoms with E-state index in [-0.39, 0.29) is 55.3 Å². The van der Waals surface area contributed by atoms with Crippen molar-refractivity contribution in [1.82, 2.24) is 0 Å². The van der Waals surface area contributed by atoms with E-state index in [9.17, 15) is 14.7 Å². The second-order valence-electron chi connectivity index (χ2n) is 11.7. The maximum atomic E-state index is 13.0. The van der Waals surface area contributed by atoms with Gasteiger partial charge in [0.25, 0.3) is 0 Å². The number of hydrogen-bond acceptors (Lipinski definition) is 9. The van der Waals surface area contributed by atoms with Gasteiger partial charge in [-0.15, -0.1) is 0 Å². The van der Waals surface area contributed by atoms with Crippen LogP contribution in [0.25, 0.3) is 0 Å². The summed E-state index contributed by atoms with van der Waals surface area (Å²) in [4.78, 5) is 24.4. The van der Waals surface area contributed by atoms with Gasteiger partial charge in [-0.1, -0.05) is 29.8 Å². The number of benzene rings is 1. The second-order valence-corrected chi connectivity index (χ2v) is 12.1. The first kappa shape index (κ1) is 33.9. The maximum Gasteiger partial charge on any atom is 0.305 e. The molecule has 1 aromatic rings. The van der Waals surface area contributed by atoms with Gasteiger partial charge in [-0.3, -0.25) is 9.59 Å². The summed E-state index contributed by atoms with van der Waals surface area (Å²) in [7, 11) is 1.36. The van der Waals surface area contributed by atoms with E-state index >= 15 is 0 Å². The van der Waals surface area contributed by atoms with Crippen LogP contribution in [-0.2, 0) is 33.3 Å². The van der Waals surface area contributed by atoms with E-state index < -0.39 is 12.2 Å². The van der Waals surface area contributed by atoms with Gasteiger partial charge in [0.05, 0.1) is 19.3 Å². The molecule has 9 nitrogen and oxygen atoms in total. The zero-order chi connectivity index (χ0) is 30.4. The lowest BCUT2D eigenvalue weighted by molar-refractivity contribution is -0.193. The molecule has 0 radical (unpaired) electrons. The van der Waals surface area contributed by atoms with Crippen molar-refractivity contribution in [2.75, 3.05) is 26.9 Å².